The maximum atomic E-state index is 5.12. The average molecular weight is 654 g/mol. The van der Waals surface area contributed by atoms with E-state index in [1.807, 2.05) is 36.4 Å². The Labute approximate surface area is 298 Å². The van der Waals surface area contributed by atoms with Crippen molar-refractivity contribution >= 4 is 39.8 Å². The lowest BCUT2D eigenvalue weighted by Crippen LogP contribution is -2.00. The molecule has 8 rings (SSSR count). The molecule has 0 saturated heterocycles. The molecule has 242 valence electrons. The maximum absolute atomic E-state index is 5.12. The largest absolute Gasteiger partial charge is 0.280 e. The van der Waals surface area contributed by atoms with Gasteiger partial charge in [-0.2, -0.15) is 0 Å². The van der Waals surface area contributed by atoms with Crippen molar-refractivity contribution in [2.45, 2.75) is 6.54 Å². The molecule has 0 amide bonds. The van der Waals surface area contributed by atoms with Crippen molar-refractivity contribution in [3.63, 3.8) is 0 Å². The summed E-state index contributed by atoms with van der Waals surface area (Å²) in [7, 11) is 0. The summed E-state index contributed by atoms with van der Waals surface area (Å²) in [5.41, 5.74) is 12.3. The summed E-state index contributed by atoms with van der Waals surface area (Å²) in [6.45, 7) is 4.53. The van der Waals surface area contributed by atoms with Crippen LogP contribution in [0.1, 0.15) is 16.7 Å². The van der Waals surface area contributed by atoms with Gasteiger partial charge in [-0.1, -0.05) is 170 Å². The summed E-state index contributed by atoms with van der Waals surface area (Å²) in [6, 6.07) is 63.3. The first-order chi connectivity index (χ1) is 25.2. The number of allylic oxidation sites excluding steroid dienone is 1. The highest BCUT2D eigenvalue weighted by Gasteiger charge is 2.14. The third-order valence-corrected chi connectivity index (χ3v) is 9.27. The van der Waals surface area contributed by atoms with Gasteiger partial charge >= 0.3 is 0 Å². The first-order valence-electron chi connectivity index (χ1n) is 17.1. The van der Waals surface area contributed by atoms with Crippen LogP contribution >= 0.6 is 0 Å². The van der Waals surface area contributed by atoms with E-state index in [9.17, 15) is 0 Å². The number of aromatic nitrogens is 1. The topological polar surface area (TPSA) is 37.6 Å². The first-order valence-corrected chi connectivity index (χ1v) is 17.1. The molecule has 8 aromatic rings. The normalized spacial score (nSPS) is 11.9. The van der Waals surface area contributed by atoms with Crippen molar-refractivity contribution < 1.29 is 0 Å². The zero-order chi connectivity index (χ0) is 34.4. The van der Waals surface area contributed by atoms with Crippen LogP contribution in [0.3, 0.4) is 0 Å². The molecule has 3 nitrogen and oxygen atoms in total. The Bertz CT molecular complexity index is 2520. The number of aliphatic imine (C=N–C) groups is 2. The molecule has 0 N–H and O–H groups in total. The molecule has 0 radical (unpaired) electrons. The van der Waals surface area contributed by atoms with Crippen molar-refractivity contribution in [1.82, 2.24) is 4.98 Å². The maximum Gasteiger partial charge on any atom is 0.0722 e. The predicted octanol–water partition coefficient (Wildman–Crippen LogP) is 12.1. The fraction of sp³-hybridized carbons (Fsp3) is 0.0208. The molecule has 1 heterocycles. The van der Waals surface area contributed by atoms with Crippen LogP contribution in [0.5, 0.6) is 0 Å². The second-order valence-electron chi connectivity index (χ2n) is 12.5. The standard InChI is InChI=1S/C48H35N3/c1-49-45(32-46(50-33-34-13-5-2-6-14-34)41-25-21-36(22-26-41)35-15-7-3-8-16-35)40-27-23-38(24-28-40)43-31-47(39-18-9-4-10-19-39)51-44-30-29-37-17-11-12-20-42(37)48(43)44/h2-32H,1,33H2/b45-32-,50-46+. The zero-order valence-corrected chi connectivity index (χ0v) is 28.2. The van der Waals surface area contributed by atoms with E-state index in [1.165, 1.54) is 16.3 Å². The molecule has 0 bridgehead atoms. The Morgan fingerprint density at radius 3 is 1.84 bits per heavy atom. The second-order valence-corrected chi connectivity index (χ2v) is 12.5. The Hall–Kier alpha value is -6.71. The van der Waals surface area contributed by atoms with Crippen LogP contribution in [0.25, 0.3) is 60.9 Å². The van der Waals surface area contributed by atoms with Gasteiger partial charge in [0.1, 0.15) is 0 Å². The number of rotatable bonds is 9. The molecule has 7 aromatic carbocycles. The minimum absolute atomic E-state index is 0.559. The molecule has 0 aliphatic heterocycles. The summed E-state index contributed by atoms with van der Waals surface area (Å²) >= 11 is 0. The number of pyridine rings is 1. The third-order valence-electron chi connectivity index (χ3n) is 9.27. The van der Waals surface area contributed by atoms with Gasteiger partial charge in [0.2, 0.25) is 0 Å². The molecule has 0 aliphatic rings. The molecule has 0 atom stereocenters. The molecule has 0 aliphatic carbocycles. The van der Waals surface area contributed by atoms with Crippen molar-refractivity contribution in [1.29, 1.82) is 0 Å². The average Bonchev–Trinajstić information content (AvgIpc) is 3.21. The zero-order valence-electron chi connectivity index (χ0n) is 28.2. The molecular formula is C48H35N3. The Morgan fingerprint density at radius 1 is 0.549 bits per heavy atom. The molecule has 3 heteroatoms. The summed E-state index contributed by atoms with van der Waals surface area (Å²) < 4.78 is 0. The van der Waals surface area contributed by atoms with E-state index in [2.05, 4.69) is 163 Å². The summed E-state index contributed by atoms with van der Waals surface area (Å²) in [4.78, 5) is 14.7. The quantitative estimate of drug-likeness (QED) is 0.113. The molecule has 0 saturated carbocycles. The van der Waals surface area contributed by atoms with Gasteiger partial charge in [0.15, 0.2) is 0 Å². The molecule has 1 aromatic heterocycles. The van der Waals surface area contributed by atoms with Gasteiger partial charge < -0.3 is 0 Å². The Kier molecular flexibility index (Phi) is 8.92. The number of fused-ring (bicyclic) bond motifs is 3. The van der Waals surface area contributed by atoms with Crippen LogP contribution < -0.4 is 0 Å². The van der Waals surface area contributed by atoms with Crippen LogP contribution in [0, 0.1) is 0 Å². The van der Waals surface area contributed by atoms with Crippen LogP contribution in [0.15, 0.2) is 198 Å². The van der Waals surface area contributed by atoms with Crippen LogP contribution in [-0.2, 0) is 6.54 Å². The van der Waals surface area contributed by atoms with Gasteiger partial charge in [-0.05, 0) is 69.1 Å². The Balaban J connectivity index is 1.19. The summed E-state index contributed by atoms with van der Waals surface area (Å²) in [5, 5.41) is 3.52. The highest BCUT2D eigenvalue weighted by atomic mass is 14.8. The number of hydrogen-bond donors (Lipinski definition) is 0. The van der Waals surface area contributed by atoms with E-state index in [1.54, 1.807) is 0 Å². The minimum atomic E-state index is 0.559. The number of benzene rings is 7. The lowest BCUT2D eigenvalue weighted by Gasteiger charge is -2.14. The van der Waals surface area contributed by atoms with Gasteiger partial charge in [-0.25, -0.2) is 4.98 Å². The van der Waals surface area contributed by atoms with Crippen molar-refractivity contribution in [3.8, 4) is 33.5 Å². The van der Waals surface area contributed by atoms with E-state index >= 15 is 0 Å². The lowest BCUT2D eigenvalue weighted by molar-refractivity contribution is 1.07. The van der Waals surface area contributed by atoms with Gasteiger partial charge in [0.25, 0.3) is 0 Å². The lowest BCUT2D eigenvalue weighted by atomic mass is 9.93. The van der Waals surface area contributed by atoms with Gasteiger partial charge in [0.05, 0.1) is 29.2 Å². The SMILES string of the molecule is C=N/C(=C\C(=N/Cc1ccccc1)c1ccc(-c2ccccc2)cc1)c1ccc(-c2cc(-c3ccccc3)nc3ccc4ccccc4c23)cc1. The van der Waals surface area contributed by atoms with Gasteiger partial charge in [0, 0.05) is 16.5 Å². The molecule has 0 spiro atoms. The Morgan fingerprint density at radius 2 is 1.14 bits per heavy atom. The fourth-order valence-electron chi connectivity index (χ4n) is 6.61. The third kappa shape index (κ3) is 6.79. The monoisotopic (exact) mass is 653 g/mol. The summed E-state index contributed by atoms with van der Waals surface area (Å²) in [6.07, 6.45) is 2.05. The fourth-order valence-corrected chi connectivity index (χ4v) is 6.61. The second kappa shape index (κ2) is 14.4. The highest BCUT2D eigenvalue weighted by Crippen LogP contribution is 2.37. The van der Waals surface area contributed by atoms with E-state index in [-0.39, 0.29) is 0 Å². The van der Waals surface area contributed by atoms with Crippen molar-refractivity contribution in [3.05, 3.63) is 205 Å². The first kappa shape index (κ1) is 31.6. The van der Waals surface area contributed by atoms with Crippen LogP contribution in [0.2, 0.25) is 0 Å². The molecule has 51 heavy (non-hydrogen) atoms. The van der Waals surface area contributed by atoms with E-state index < -0.39 is 0 Å². The molecular weight excluding hydrogens is 619 g/mol. The van der Waals surface area contributed by atoms with E-state index in [0.29, 0.717) is 6.54 Å². The highest BCUT2D eigenvalue weighted by molar-refractivity contribution is 6.14. The molecule has 0 unspecified atom stereocenters. The molecule has 0 fully saturated rings. The smallest absolute Gasteiger partial charge is 0.0722 e. The van der Waals surface area contributed by atoms with Gasteiger partial charge in [-0.3, -0.25) is 9.98 Å². The van der Waals surface area contributed by atoms with E-state index in [4.69, 9.17) is 9.98 Å². The number of hydrogen-bond acceptors (Lipinski definition) is 3. The number of nitrogens with zero attached hydrogens (tertiary/aromatic N) is 3. The van der Waals surface area contributed by atoms with E-state index in [0.717, 1.165) is 66.9 Å². The van der Waals surface area contributed by atoms with Gasteiger partial charge in [-0.15, -0.1) is 0 Å². The van der Waals surface area contributed by atoms with Crippen molar-refractivity contribution in [2.75, 3.05) is 0 Å². The van der Waals surface area contributed by atoms with Crippen molar-refractivity contribution in [2.24, 2.45) is 9.98 Å². The van der Waals surface area contributed by atoms with Crippen LogP contribution in [-0.4, -0.2) is 17.4 Å². The summed E-state index contributed by atoms with van der Waals surface area (Å²) in [5.74, 6) is 0. The predicted molar refractivity (Wildman–Crippen MR) is 216 cm³/mol. The minimum Gasteiger partial charge on any atom is -0.280 e. The van der Waals surface area contributed by atoms with Crippen LogP contribution in [0.4, 0.5) is 0 Å².